The second-order valence-corrected chi connectivity index (χ2v) is 10.7. The van der Waals surface area contributed by atoms with Gasteiger partial charge in [-0.25, -0.2) is 28.7 Å². The molecule has 3 aromatic heterocycles. The van der Waals surface area contributed by atoms with Gasteiger partial charge in [-0.3, -0.25) is 0 Å². The molecular formula is C29H32FN7O3. The minimum Gasteiger partial charge on any atom is -0.491 e. The van der Waals surface area contributed by atoms with Crippen LogP contribution in [0.15, 0.2) is 55.0 Å². The zero-order valence-corrected chi connectivity index (χ0v) is 22.7. The first-order chi connectivity index (χ1) is 19.4. The third-order valence-electron chi connectivity index (χ3n) is 7.72. The van der Waals surface area contributed by atoms with Crippen molar-refractivity contribution in [3.8, 4) is 5.75 Å². The second-order valence-electron chi connectivity index (χ2n) is 10.7. The summed E-state index contributed by atoms with van der Waals surface area (Å²) in [6.07, 6.45) is 5.71. The number of aromatic nitrogens is 5. The van der Waals surface area contributed by atoms with Crippen molar-refractivity contribution in [3.05, 3.63) is 77.8 Å². The number of rotatable bonds is 8. The molecule has 4 aromatic rings. The van der Waals surface area contributed by atoms with Crippen molar-refractivity contribution in [1.82, 2.24) is 29.5 Å². The first-order valence-electron chi connectivity index (χ1n) is 13.6. The Kier molecular flexibility index (Phi) is 6.95. The normalized spacial score (nSPS) is 17.4. The Hall–Kier alpha value is -4.28. The third kappa shape index (κ3) is 5.41. The Bertz CT molecular complexity index is 1490. The van der Waals surface area contributed by atoms with Crippen LogP contribution < -0.4 is 9.64 Å². The van der Waals surface area contributed by atoms with Gasteiger partial charge in [0.1, 0.15) is 11.4 Å². The fourth-order valence-corrected chi connectivity index (χ4v) is 5.39. The number of nitrogens with zero attached hydrogens (tertiary/aromatic N) is 7. The highest BCUT2D eigenvalue weighted by atomic mass is 19.1. The Labute approximate surface area is 231 Å². The number of anilines is 1. The number of carbonyl (C=O) groups excluding carboxylic acids is 1. The van der Waals surface area contributed by atoms with E-state index in [2.05, 4.69) is 34.1 Å². The Morgan fingerprint density at radius 3 is 2.65 bits per heavy atom. The minimum absolute atomic E-state index is 0.260. The van der Waals surface area contributed by atoms with Gasteiger partial charge in [0.15, 0.2) is 17.3 Å². The van der Waals surface area contributed by atoms with Gasteiger partial charge in [0.25, 0.3) is 0 Å². The van der Waals surface area contributed by atoms with Crippen molar-refractivity contribution in [3.63, 3.8) is 0 Å². The molecular weight excluding hydrogens is 513 g/mol. The van der Waals surface area contributed by atoms with E-state index in [-0.39, 0.29) is 12.0 Å². The molecule has 2 aliphatic rings. The number of hydrogen-bond donors (Lipinski definition) is 0. The van der Waals surface area contributed by atoms with E-state index in [9.17, 15) is 9.18 Å². The van der Waals surface area contributed by atoms with E-state index in [0.717, 1.165) is 17.0 Å². The monoisotopic (exact) mass is 545 g/mol. The second kappa shape index (κ2) is 10.7. The lowest BCUT2D eigenvalue weighted by Crippen LogP contribution is -2.47. The summed E-state index contributed by atoms with van der Waals surface area (Å²) in [7, 11) is 0. The summed E-state index contributed by atoms with van der Waals surface area (Å²) in [5.41, 5.74) is 2.45. The van der Waals surface area contributed by atoms with E-state index in [0.29, 0.717) is 63.8 Å². The number of aryl methyl sites for hydroxylation is 1. The Morgan fingerprint density at radius 2 is 1.90 bits per heavy atom. The summed E-state index contributed by atoms with van der Waals surface area (Å²) in [6, 6.07) is 12.3. The van der Waals surface area contributed by atoms with Gasteiger partial charge in [0.2, 0.25) is 5.95 Å². The first-order valence-corrected chi connectivity index (χ1v) is 13.6. The van der Waals surface area contributed by atoms with Crippen molar-refractivity contribution in [1.29, 1.82) is 0 Å². The average Bonchev–Trinajstić information content (AvgIpc) is 3.52. The van der Waals surface area contributed by atoms with E-state index in [1.165, 1.54) is 18.0 Å². The number of halogens is 1. The summed E-state index contributed by atoms with van der Waals surface area (Å²) in [6.45, 7) is 6.96. The van der Waals surface area contributed by atoms with Crippen molar-refractivity contribution in [2.75, 3.05) is 37.7 Å². The van der Waals surface area contributed by atoms with Crippen molar-refractivity contribution in [2.24, 2.45) is 0 Å². The largest absolute Gasteiger partial charge is 0.491 e. The maximum absolute atomic E-state index is 13.2. The van der Waals surface area contributed by atoms with Crippen LogP contribution in [0.4, 0.5) is 15.1 Å². The molecule has 1 atom stereocenters. The van der Waals surface area contributed by atoms with Crippen LogP contribution in [0.5, 0.6) is 5.75 Å². The van der Waals surface area contributed by atoms with E-state index < -0.39 is 11.4 Å². The molecule has 6 rings (SSSR count). The fourth-order valence-electron chi connectivity index (χ4n) is 5.39. The van der Waals surface area contributed by atoms with E-state index in [1.807, 2.05) is 42.3 Å². The smallest absolute Gasteiger partial charge is 0.410 e. The van der Waals surface area contributed by atoms with Gasteiger partial charge in [-0.05, 0) is 24.1 Å². The molecule has 0 unspecified atom stereocenters. The van der Waals surface area contributed by atoms with Crippen LogP contribution in [-0.2, 0) is 11.2 Å². The van der Waals surface area contributed by atoms with Crippen LogP contribution in [0.1, 0.15) is 42.6 Å². The molecule has 1 spiro atoms. The molecule has 0 saturated carbocycles. The van der Waals surface area contributed by atoms with E-state index in [4.69, 9.17) is 14.5 Å². The van der Waals surface area contributed by atoms with Crippen LogP contribution in [-0.4, -0.2) is 73.9 Å². The van der Waals surface area contributed by atoms with Crippen LogP contribution in [0.25, 0.3) is 5.65 Å². The first kappa shape index (κ1) is 26.0. The molecule has 0 radical (unpaired) electrons. The average molecular weight is 546 g/mol. The molecule has 1 aromatic carbocycles. The van der Waals surface area contributed by atoms with Crippen LogP contribution in [0, 0.1) is 12.7 Å². The molecule has 2 saturated heterocycles. The molecule has 1 amide bonds. The number of amides is 1. The van der Waals surface area contributed by atoms with Crippen molar-refractivity contribution < 1.29 is 18.7 Å². The van der Waals surface area contributed by atoms with Gasteiger partial charge in [0, 0.05) is 44.8 Å². The summed E-state index contributed by atoms with van der Waals surface area (Å²) < 4.78 is 26.9. The number of ether oxygens (including phenoxy) is 2. The summed E-state index contributed by atoms with van der Waals surface area (Å²) in [5.74, 6) is 1.69. The Morgan fingerprint density at radius 1 is 1.15 bits per heavy atom. The number of hydrogen-bond acceptors (Lipinski definition) is 8. The zero-order valence-electron chi connectivity index (χ0n) is 22.7. The van der Waals surface area contributed by atoms with Gasteiger partial charge < -0.3 is 19.3 Å². The van der Waals surface area contributed by atoms with Crippen molar-refractivity contribution in [2.45, 2.75) is 44.6 Å². The molecule has 5 heterocycles. The van der Waals surface area contributed by atoms with Crippen LogP contribution in [0.3, 0.4) is 0 Å². The van der Waals surface area contributed by atoms with Gasteiger partial charge in [-0.2, -0.15) is 5.10 Å². The quantitative estimate of drug-likeness (QED) is 0.325. The number of fused-ring (bicyclic) bond motifs is 1. The predicted molar refractivity (Wildman–Crippen MR) is 146 cm³/mol. The van der Waals surface area contributed by atoms with Gasteiger partial charge in [-0.1, -0.05) is 37.3 Å². The zero-order chi connectivity index (χ0) is 27.7. The molecule has 0 N–H and O–H groups in total. The van der Waals surface area contributed by atoms with Crippen molar-refractivity contribution >= 4 is 17.7 Å². The molecule has 40 heavy (non-hydrogen) atoms. The van der Waals surface area contributed by atoms with Gasteiger partial charge in [-0.15, -0.1) is 0 Å². The number of piperidine rings is 1. The lowest BCUT2D eigenvalue weighted by atomic mass is 9.91. The number of benzene rings is 1. The maximum Gasteiger partial charge on any atom is 0.410 e. The standard InChI is InChI=1S/C29H32FN7O3/c1-20-14-24(39-18-21(2)22-6-4-3-5-7-22)17-37-26(20)33-25(34-37)8-11-36-19-29(40-28(36)38)9-12-35(13-10-29)27-31-15-23(30)16-32-27/h3-7,14-17,21H,8-13,18-19H2,1-2H3/t21-/m0/s1. The lowest BCUT2D eigenvalue weighted by molar-refractivity contribution is 0.0364. The predicted octanol–water partition coefficient (Wildman–Crippen LogP) is 4.18. The topological polar surface area (TPSA) is 98.0 Å². The maximum atomic E-state index is 13.2. The molecule has 0 bridgehead atoms. The summed E-state index contributed by atoms with van der Waals surface area (Å²) in [4.78, 5) is 29.3. The van der Waals surface area contributed by atoms with E-state index in [1.54, 1.807) is 9.42 Å². The summed E-state index contributed by atoms with van der Waals surface area (Å²) >= 11 is 0. The summed E-state index contributed by atoms with van der Waals surface area (Å²) in [5, 5.41) is 4.66. The molecule has 2 fully saturated rings. The SMILES string of the molecule is Cc1cc(OC[C@H](C)c2ccccc2)cn2nc(CCN3CC4(CCN(c5ncc(F)cn5)CC4)OC3=O)nc12. The van der Waals surface area contributed by atoms with Gasteiger partial charge >= 0.3 is 6.09 Å². The van der Waals surface area contributed by atoms with E-state index >= 15 is 0 Å². The third-order valence-corrected chi connectivity index (χ3v) is 7.72. The lowest BCUT2D eigenvalue weighted by Gasteiger charge is -2.37. The van der Waals surface area contributed by atoms with Gasteiger partial charge in [0.05, 0.1) is 31.7 Å². The van der Waals surface area contributed by atoms with Crippen LogP contribution in [0.2, 0.25) is 0 Å². The minimum atomic E-state index is -0.528. The molecule has 10 nitrogen and oxygen atoms in total. The highest BCUT2D eigenvalue weighted by molar-refractivity contribution is 5.70. The highest BCUT2D eigenvalue weighted by Gasteiger charge is 2.47. The molecule has 208 valence electrons. The Balaban J connectivity index is 1.05. The molecule has 11 heteroatoms. The molecule has 2 aliphatic heterocycles. The highest BCUT2D eigenvalue weighted by Crippen LogP contribution is 2.34. The number of carbonyl (C=O) groups is 1. The fraction of sp³-hybridized carbons (Fsp3) is 0.414. The number of pyridine rings is 1. The van der Waals surface area contributed by atoms with Crippen LogP contribution >= 0.6 is 0 Å². The molecule has 0 aliphatic carbocycles.